The highest BCUT2D eigenvalue weighted by atomic mass is 16.5. The summed E-state index contributed by atoms with van der Waals surface area (Å²) >= 11 is 0. The quantitative estimate of drug-likeness (QED) is 0.501. The number of fused-ring (bicyclic) bond motifs is 1. The van der Waals surface area contributed by atoms with E-state index in [2.05, 4.69) is 22.1 Å². The summed E-state index contributed by atoms with van der Waals surface area (Å²) in [6.07, 6.45) is 0. The Bertz CT molecular complexity index is 980. The molecule has 0 unspecified atom stereocenters. The van der Waals surface area contributed by atoms with Gasteiger partial charge in [0.15, 0.2) is 0 Å². The number of anilines is 2. The zero-order valence-corrected chi connectivity index (χ0v) is 17.1. The molecule has 1 heterocycles. The van der Waals surface area contributed by atoms with Crippen LogP contribution >= 0.6 is 0 Å². The molecule has 0 saturated heterocycles. The third-order valence-corrected chi connectivity index (χ3v) is 4.70. The van der Waals surface area contributed by atoms with Crippen molar-refractivity contribution in [1.82, 2.24) is 9.88 Å². The second-order valence-corrected chi connectivity index (χ2v) is 6.59. The molecule has 0 aliphatic carbocycles. The Morgan fingerprint density at radius 3 is 2.52 bits per heavy atom. The first-order valence-corrected chi connectivity index (χ1v) is 9.77. The molecular weight excluding hydrogens is 368 g/mol. The number of aromatic nitrogens is 1. The third kappa shape index (κ3) is 4.46. The molecule has 0 saturated carbocycles. The number of methoxy groups -OCH3 is 1. The van der Waals surface area contributed by atoms with Crippen molar-refractivity contribution in [2.75, 3.05) is 37.9 Å². The third-order valence-electron chi connectivity index (χ3n) is 4.70. The second-order valence-electron chi connectivity index (χ2n) is 6.59. The number of hydrogen-bond donors (Lipinski definition) is 3. The number of hydrogen-bond acceptors (Lipinski definition) is 4. The van der Waals surface area contributed by atoms with Crippen LogP contribution in [0.15, 0.2) is 42.5 Å². The van der Waals surface area contributed by atoms with Gasteiger partial charge in [0.05, 0.1) is 23.5 Å². The largest absolute Gasteiger partial charge is 0.491 e. The van der Waals surface area contributed by atoms with Crippen molar-refractivity contribution in [2.24, 2.45) is 0 Å². The highest BCUT2D eigenvalue weighted by Gasteiger charge is 2.16. The first kappa shape index (κ1) is 20.5. The molecule has 0 aliphatic rings. The topological polar surface area (TPSA) is 90.5 Å². The molecule has 3 rings (SSSR count). The average Bonchev–Trinajstić information content (AvgIpc) is 3.00. The number of amides is 2. The van der Waals surface area contributed by atoms with Crippen LogP contribution in [-0.4, -0.2) is 37.5 Å². The number of nitrogen functional groups attached to an aromatic ring is 1. The van der Waals surface area contributed by atoms with Crippen molar-refractivity contribution >= 4 is 28.3 Å². The Morgan fingerprint density at radius 2 is 1.86 bits per heavy atom. The van der Waals surface area contributed by atoms with Gasteiger partial charge in [-0.3, -0.25) is 0 Å². The van der Waals surface area contributed by atoms with Crippen LogP contribution in [0.3, 0.4) is 0 Å². The van der Waals surface area contributed by atoms with Gasteiger partial charge in [0.2, 0.25) is 0 Å². The maximum Gasteiger partial charge on any atom is 0.319 e. The van der Waals surface area contributed by atoms with Gasteiger partial charge >= 0.3 is 6.03 Å². The Balaban J connectivity index is 1.94. The van der Waals surface area contributed by atoms with Crippen LogP contribution < -0.4 is 21.1 Å². The number of carbonyl (C=O) groups excluding carboxylic acids is 1. The molecule has 2 aromatic carbocycles. The molecule has 0 fully saturated rings. The number of nitrogens with two attached hydrogens (primary N) is 1. The lowest BCUT2D eigenvalue weighted by atomic mass is 10.1. The van der Waals surface area contributed by atoms with E-state index >= 15 is 0 Å². The van der Waals surface area contributed by atoms with Crippen molar-refractivity contribution in [2.45, 2.75) is 20.4 Å². The van der Waals surface area contributed by atoms with Crippen LogP contribution in [0.25, 0.3) is 22.2 Å². The molecule has 7 heteroatoms. The molecule has 154 valence electrons. The van der Waals surface area contributed by atoms with Crippen LogP contribution in [-0.2, 0) is 11.3 Å². The fourth-order valence-electron chi connectivity index (χ4n) is 3.38. The van der Waals surface area contributed by atoms with E-state index in [0.717, 1.165) is 45.8 Å². The van der Waals surface area contributed by atoms with Gasteiger partial charge in [-0.05, 0) is 38.1 Å². The zero-order chi connectivity index (χ0) is 20.8. The predicted molar refractivity (Wildman–Crippen MR) is 118 cm³/mol. The first-order chi connectivity index (χ1) is 14.1. The molecule has 7 nitrogen and oxygen atoms in total. The van der Waals surface area contributed by atoms with Gasteiger partial charge in [0, 0.05) is 42.9 Å². The van der Waals surface area contributed by atoms with Crippen LogP contribution in [0.1, 0.15) is 13.8 Å². The second kappa shape index (κ2) is 9.34. The van der Waals surface area contributed by atoms with E-state index in [0.29, 0.717) is 19.8 Å². The van der Waals surface area contributed by atoms with Crippen LogP contribution in [0.5, 0.6) is 5.75 Å². The number of benzene rings is 2. The summed E-state index contributed by atoms with van der Waals surface area (Å²) in [6.45, 7) is 6.35. The summed E-state index contributed by atoms with van der Waals surface area (Å²) in [4.78, 5) is 11.7. The molecule has 0 spiro atoms. The lowest BCUT2D eigenvalue weighted by Gasteiger charge is -2.11. The average molecular weight is 396 g/mol. The van der Waals surface area contributed by atoms with Crippen LogP contribution in [0.4, 0.5) is 16.2 Å². The zero-order valence-electron chi connectivity index (χ0n) is 17.1. The summed E-state index contributed by atoms with van der Waals surface area (Å²) < 4.78 is 13.0. The van der Waals surface area contributed by atoms with Gasteiger partial charge < -0.3 is 30.4 Å². The lowest BCUT2D eigenvalue weighted by Crippen LogP contribution is -2.28. The summed E-state index contributed by atoms with van der Waals surface area (Å²) in [6, 6.07) is 13.4. The SMILES string of the molecule is CCNC(=O)Nc1ccc(-c2c(N)c3ccc(OCCOC)cc3n2CC)cc1. The van der Waals surface area contributed by atoms with E-state index in [1.54, 1.807) is 7.11 Å². The van der Waals surface area contributed by atoms with Crippen molar-refractivity contribution in [3.05, 3.63) is 42.5 Å². The summed E-state index contributed by atoms with van der Waals surface area (Å²) in [7, 11) is 1.65. The molecular formula is C22H28N4O3. The maximum absolute atomic E-state index is 11.7. The molecule has 1 aromatic heterocycles. The van der Waals surface area contributed by atoms with E-state index < -0.39 is 0 Å². The molecule has 0 atom stereocenters. The minimum Gasteiger partial charge on any atom is -0.491 e. The highest BCUT2D eigenvalue weighted by molar-refractivity contribution is 6.01. The Labute approximate surface area is 170 Å². The summed E-state index contributed by atoms with van der Waals surface area (Å²) in [5.74, 6) is 0.787. The number of urea groups is 1. The van der Waals surface area contributed by atoms with Crippen molar-refractivity contribution in [3.8, 4) is 17.0 Å². The number of nitrogens with zero attached hydrogens (tertiary/aromatic N) is 1. The van der Waals surface area contributed by atoms with E-state index in [1.807, 2.05) is 49.4 Å². The monoisotopic (exact) mass is 396 g/mol. The van der Waals surface area contributed by atoms with Gasteiger partial charge in [-0.1, -0.05) is 12.1 Å². The Kier molecular flexibility index (Phi) is 6.61. The fraction of sp³-hybridized carbons (Fsp3) is 0.318. The smallest absolute Gasteiger partial charge is 0.319 e. The fourth-order valence-corrected chi connectivity index (χ4v) is 3.38. The number of aryl methyl sites for hydroxylation is 1. The number of ether oxygens (including phenoxy) is 2. The molecule has 0 bridgehead atoms. The van der Waals surface area contributed by atoms with E-state index in [-0.39, 0.29) is 6.03 Å². The lowest BCUT2D eigenvalue weighted by molar-refractivity contribution is 0.146. The Hall–Kier alpha value is -3.19. The summed E-state index contributed by atoms with van der Waals surface area (Å²) in [5, 5.41) is 6.51. The number of rotatable bonds is 8. The van der Waals surface area contributed by atoms with Crippen molar-refractivity contribution < 1.29 is 14.3 Å². The highest BCUT2D eigenvalue weighted by Crippen LogP contribution is 2.38. The van der Waals surface area contributed by atoms with Gasteiger partial charge in [0.25, 0.3) is 0 Å². The van der Waals surface area contributed by atoms with Crippen molar-refractivity contribution in [1.29, 1.82) is 0 Å². The van der Waals surface area contributed by atoms with Gasteiger partial charge in [-0.15, -0.1) is 0 Å². The van der Waals surface area contributed by atoms with E-state index in [1.165, 1.54) is 0 Å². The minimum atomic E-state index is -0.219. The van der Waals surface area contributed by atoms with E-state index in [9.17, 15) is 4.79 Å². The standard InChI is InChI=1S/C22H28N4O3/c1-4-24-22(27)25-16-8-6-15(7-9-16)21-20(23)18-11-10-17(29-13-12-28-3)14-19(18)26(21)5-2/h6-11,14H,4-5,12-13,23H2,1-3H3,(H2,24,25,27). The molecule has 0 radical (unpaired) electrons. The number of carbonyl (C=O) groups is 1. The van der Waals surface area contributed by atoms with Crippen molar-refractivity contribution in [3.63, 3.8) is 0 Å². The minimum absolute atomic E-state index is 0.219. The Morgan fingerprint density at radius 1 is 1.10 bits per heavy atom. The molecule has 29 heavy (non-hydrogen) atoms. The van der Waals surface area contributed by atoms with Gasteiger partial charge in [0.1, 0.15) is 12.4 Å². The van der Waals surface area contributed by atoms with Gasteiger partial charge in [-0.25, -0.2) is 4.79 Å². The molecule has 4 N–H and O–H groups in total. The van der Waals surface area contributed by atoms with Crippen LogP contribution in [0, 0.1) is 0 Å². The van der Waals surface area contributed by atoms with Gasteiger partial charge in [-0.2, -0.15) is 0 Å². The molecule has 2 amide bonds. The van der Waals surface area contributed by atoms with Crippen LogP contribution in [0.2, 0.25) is 0 Å². The number of nitrogens with one attached hydrogen (secondary N) is 2. The predicted octanol–water partition coefficient (Wildman–Crippen LogP) is 4.08. The molecule has 0 aliphatic heterocycles. The summed E-state index contributed by atoms with van der Waals surface area (Å²) in [5.41, 5.74) is 11.0. The first-order valence-electron chi connectivity index (χ1n) is 9.77. The normalized spacial score (nSPS) is 10.9. The van der Waals surface area contributed by atoms with E-state index in [4.69, 9.17) is 15.2 Å². The maximum atomic E-state index is 11.7. The molecule has 3 aromatic rings.